The molecule has 0 aromatic heterocycles. The summed E-state index contributed by atoms with van der Waals surface area (Å²) in [5, 5.41) is 2.53. The lowest BCUT2D eigenvalue weighted by atomic mass is 9.76. The molecule has 5 heteroatoms. The molecule has 1 amide bonds. The van der Waals surface area contributed by atoms with Gasteiger partial charge in [0.25, 0.3) is 0 Å². The molecule has 1 aliphatic rings. The van der Waals surface area contributed by atoms with Gasteiger partial charge in [-0.1, -0.05) is 19.8 Å². The number of ether oxygens (including phenoxy) is 1. The van der Waals surface area contributed by atoms with Crippen molar-refractivity contribution in [2.24, 2.45) is 11.7 Å². The normalized spacial score (nSPS) is 29.6. The standard InChI is InChI=1S/C11H20N2O3/c1-8-4-3-5-11(12,6-8)10(15)13-7-9(14)16-2/h8H,3-7,12H2,1-2H3,(H,13,15). The van der Waals surface area contributed by atoms with E-state index in [9.17, 15) is 9.59 Å². The third-order valence-corrected chi connectivity index (χ3v) is 3.11. The second-order valence-corrected chi connectivity index (χ2v) is 4.62. The Morgan fingerprint density at radius 1 is 1.56 bits per heavy atom. The number of hydrogen-bond acceptors (Lipinski definition) is 4. The summed E-state index contributed by atoms with van der Waals surface area (Å²) in [6, 6.07) is 0. The van der Waals surface area contributed by atoms with Crippen molar-refractivity contribution in [3.63, 3.8) is 0 Å². The van der Waals surface area contributed by atoms with Crippen LogP contribution in [0.3, 0.4) is 0 Å². The number of amides is 1. The number of nitrogens with two attached hydrogens (primary N) is 1. The van der Waals surface area contributed by atoms with Gasteiger partial charge in [-0.2, -0.15) is 0 Å². The zero-order chi connectivity index (χ0) is 12.2. The highest BCUT2D eigenvalue weighted by atomic mass is 16.5. The molecule has 0 aromatic carbocycles. The molecule has 92 valence electrons. The lowest BCUT2D eigenvalue weighted by Crippen LogP contribution is -2.56. The van der Waals surface area contributed by atoms with Crippen molar-refractivity contribution in [1.29, 1.82) is 0 Å². The predicted octanol–water partition coefficient (Wildman–Crippen LogP) is 0.183. The van der Waals surface area contributed by atoms with Crippen LogP contribution in [0.25, 0.3) is 0 Å². The molecular weight excluding hydrogens is 208 g/mol. The molecule has 0 aromatic rings. The Labute approximate surface area is 95.7 Å². The molecule has 0 saturated heterocycles. The minimum absolute atomic E-state index is 0.108. The summed E-state index contributed by atoms with van der Waals surface area (Å²) < 4.78 is 4.45. The molecule has 0 spiro atoms. The highest BCUT2D eigenvalue weighted by Gasteiger charge is 2.37. The average Bonchev–Trinajstić information content (AvgIpc) is 2.24. The van der Waals surface area contributed by atoms with Crippen LogP contribution in [0.1, 0.15) is 32.6 Å². The predicted molar refractivity (Wildman–Crippen MR) is 59.6 cm³/mol. The van der Waals surface area contributed by atoms with Crippen molar-refractivity contribution in [3.05, 3.63) is 0 Å². The first-order valence-electron chi connectivity index (χ1n) is 5.62. The van der Waals surface area contributed by atoms with Crippen LogP contribution in [0, 0.1) is 5.92 Å². The van der Waals surface area contributed by atoms with Crippen LogP contribution < -0.4 is 11.1 Å². The number of hydrogen-bond donors (Lipinski definition) is 2. The molecular formula is C11H20N2O3. The van der Waals surface area contributed by atoms with Gasteiger partial charge in [0.2, 0.25) is 5.91 Å². The number of nitrogens with one attached hydrogen (secondary N) is 1. The second-order valence-electron chi connectivity index (χ2n) is 4.62. The summed E-state index contributed by atoms with van der Waals surface area (Å²) in [5.74, 6) is -0.243. The number of carbonyl (C=O) groups excluding carboxylic acids is 2. The Morgan fingerprint density at radius 2 is 2.25 bits per heavy atom. The summed E-state index contributed by atoms with van der Waals surface area (Å²) in [6.45, 7) is 1.98. The molecule has 0 aliphatic heterocycles. The molecule has 1 rings (SSSR count). The van der Waals surface area contributed by atoms with Crippen LogP contribution in [0.5, 0.6) is 0 Å². The van der Waals surface area contributed by atoms with Gasteiger partial charge >= 0.3 is 5.97 Å². The van der Waals surface area contributed by atoms with E-state index in [-0.39, 0.29) is 12.5 Å². The van der Waals surface area contributed by atoms with E-state index in [1.807, 2.05) is 0 Å². The first kappa shape index (κ1) is 13.0. The molecule has 1 saturated carbocycles. The molecule has 0 bridgehead atoms. The Hall–Kier alpha value is -1.10. The van der Waals surface area contributed by atoms with Gasteiger partial charge in [0.1, 0.15) is 6.54 Å². The summed E-state index contributed by atoms with van der Waals surface area (Å²) in [4.78, 5) is 22.7. The third-order valence-electron chi connectivity index (χ3n) is 3.11. The van der Waals surface area contributed by atoms with Crippen LogP contribution in [-0.4, -0.2) is 31.1 Å². The first-order valence-corrected chi connectivity index (χ1v) is 5.62. The van der Waals surface area contributed by atoms with E-state index in [0.717, 1.165) is 12.8 Å². The Kier molecular flexibility index (Phi) is 4.29. The monoisotopic (exact) mass is 228 g/mol. The van der Waals surface area contributed by atoms with Gasteiger partial charge in [0.05, 0.1) is 12.6 Å². The molecule has 3 N–H and O–H groups in total. The fraction of sp³-hybridized carbons (Fsp3) is 0.818. The number of carbonyl (C=O) groups is 2. The zero-order valence-corrected chi connectivity index (χ0v) is 9.91. The van der Waals surface area contributed by atoms with E-state index in [1.54, 1.807) is 0 Å². The second kappa shape index (κ2) is 5.30. The van der Waals surface area contributed by atoms with E-state index >= 15 is 0 Å². The Balaban J connectivity index is 2.48. The van der Waals surface area contributed by atoms with Gasteiger partial charge in [-0.3, -0.25) is 9.59 Å². The molecule has 16 heavy (non-hydrogen) atoms. The lowest BCUT2D eigenvalue weighted by Gasteiger charge is -2.35. The van der Waals surface area contributed by atoms with Gasteiger partial charge in [-0.15, -0.1) is 0 Å². The van der Waals surface area contributed by atoms with E-state index in [2.05, 4.69) is 17.0 Å². The van der Waals surface area contributed by atoms with Crippen LogP contribution in [0.15, 0.2) is 0 Å². The number of rotatable bonds is 3. The van der Waals surface area contributed by atoms with Crippen LogP contribution >= 0.6 is 0 Å². The van der Waals surface area contributed by atoms with Gasteiger partial charge < -0.3 is 15.8 Å². The summed E-state index contributed by atoms with van der Waals surface area (Å²) in [7, 11) is 1.29. The molecule has 2 unspecified atom stereocenters. The highest BCUT2D eigenvalue weighted by molar-refractivity contribution is 5.89. The van der Waals surface area contributed by atoms with E-state index in [4.69, 9.17) is 5.73 Å². The topological polar surface area (TPSA) is 81.4 Å². The highest BCUT2D eigenvalue weighted by Crippen LogP contribution is 2.30. The minimum Gasteiger partial charge on any atom is -0.468 e. The van der Waals surface area contributed by atoms with Gasteiger partial charge in [-0.25, -0.2) is 0 Å². The summed E-state index contributed by atoms with van der Waals surface area (Å²) in [6.07, 6.45) is 3.44. The van der Waals surface area contributed by atoms with Gasteiger partial charge in [0, 0.05) is 0 Å². The largest absolute Gasteiger partial charge is 0.468 e. The van der Waals surface area contributed by atoms with Crippen LogP contribution in [0.2, 0.25) is 0 Å². The first-order chi connectivity index (χ1) is 7.48. The fourth-order valence-corrected chi connectivity index (χ4v) is 2.20. The smallest absolute Gasteiger partial charge is 0.325 e. The number of esters is 1. The Bertz CT molecular complexity index is 280. The fourth-order valence-electron chi connectivity index (χ4n) is 2.20. The van der Waals surface area contributed by atoms with Gasteiger partial charge in [0.15, 0.2) is 0 Å². The van der Waals surface area contributed by atoms with Crippen molar-refractivity contribution in [2.45, 2.75) is 38.1 Å². The quantitative estimate of drug-likeness (QED) is 0.675. The van der Waals surface area contributed by atoms with E-state index in [1.165, 1.54) is 7.11 Å². The molecule has 5 nitrogen and oxygen atoms in total. The van der Waals surface area contributed by atoms with Crippen LogP contribution in [0.4, 0.5) is 0 Å². The lowest BCUT2D eigenvalue weighted by molar-refractivity contribution is -0.142. The van der Waals surface area contributed by atoms with Crippen LogP contribution in [-0.2, 0) is 14.3 Å². The summed E-state index contributed by atoms with van der Waals surface area (Å²) >= 11 is 0. The van der Waals surface area contributed by atoms with E-state index in [0.29, 0.717) is 18.8 Å². The molecule has 2 atom stereocenters. The van der Waals surface area contributed by atoms with Gasteiger partial charge in [-0.05, 0) is 18.8 Å². The number of methoxy groups -OCH3 is 1. The minimum atomic E-state index is -0.814. The molecule has 1 aliphatic carbocycles. The zero-order valence-electron chi connectivity index (χ0n) is 9.91. The molecule has 1 fully saturated rings. The van der Waals surface area contributed by atoms with E-state index < -0.39 is 11.5 Å². The van der Waals surface area contributed by atoms with Crippen molar-refractivity contribution in [2.75, 3.05) is 13.7 Å². The maximum Gasteiger partial charge on any atom is 0.325 e. The average molecular weight is 228 g/mol. The molecule has 0 heterocycles. The maximum absolute atomic E-state index is 11.8. The van der Waals surface area contributed by atoms with Crippen molar-refractivity contribution < 1.29 is 14.3 Å². The SMILES string of the molecule is COC(=O)CNC(=O)C1(N)CCCC(C)C1. The Morgan fingerprint density at radius 3 is 2.81 bits per heavy atom. The third kappa shape index (κ3) is 3.20. The van der Waals surface area contributed by atoms with Crippen molar-refractivity contribution >= 4 is 11.9 Å². The molecule has 0 radical (unpaired) electrons. The maximum atomic E-state index is 11.8. The van der Waals surface area contributed by atoms with Crippen molar-refractivity contribution in [3.8, 4) is 0 Å². The summed E-state index contributed by atoms with van der Waals surface area (Å²) in [5.41, 5.74) is 5.24. The van der Waals surface area contributed by atoms with Crippen molar-refractivity contribution in [1.82, 2.24) is 5.32 Å².